The Hall–Kier alpha value is -3.13. The van der Waals surface area contributed by atoms with Gasteiger partial charge >= 0.3 is 5.97 Å². The molecule has 0 saturated heterocycles. The van der Waals surface area contributed by atoms with Crippen LogP contribution in [0.1, 0.15) is 30.5 Å². The molecule has 0 aliphatic carbocycles. The predicted octanol–water partition coefficient (Wildman–Crippen LogP) is 2.06. The molecule has 7 nitrogen and oxygen atoms in total. The van der Waals surface area contributed by atoms with Crippen molar-refractivity contribution < 1.29 is 19.2 Å². The van der Waals surface area contributed by atoms with Crippen molar-refractivity contribution in [1.29, 1.82) is 0 Å². The number of nitrogens with zero attached hydrogens (tertiary/aromatic N) is 3. The molecule has 1 aliphatic rings. The summed E-state index contributed by atoms with van der Waals surface area (Å²) >= 11 is 1.10. The molecular weight excluding hydrogens is 318 g/mol. The van der Waals surface area contributed by atoms with Crippen molar-refractivity contribution in [3.63, 3.8) is 0 Å². The molecule has 0 radical (unpaired) electrons. The molecule has 0 saturated carbocycles. The van der Waals surface area contributed by atoms with E-state index in [1.165, 1.54) is 18.3 Å². The molecule has 23 heavy (non-hydrogen) atoms. The number of pyridine rings is 1. The van der Waals surface area contributed by atoms with E-state index in [-0.39, 0.29) is 16.1 Å². The van der Waals surface area contributed by atoms with Gasteiger partial charge in [0.25, 0.3) is 11.8 Å². The van der Waals surface area contributed by atoms with Gasteiger partial charge in [-0.05, 0) is 18.2 Å². The van der Waals surface area contributed by atoms with Gasteiger partial charge < -0.3 is 4.84 Å². The predicted molar refractivity (Wildman–Crippen MR) is 79.8 cm³/mol. The number of aromatic nitrogens is 2. The molecule has 0 unspecified atom stereocenters. The van der Waals surface area contributed by atoms with Gasteiger partial charge in [-0.2, -0.15) is 0 Å². The summed E-state index contributed by atoms with van der Waals surface area (Å²) in [5.74, 6) is -2.19. The van der Waals surface area contributed by atoms with E-state index in [1.54, 1.807) is 24.4 Å². The van der Waals surface area contributed by atoms with Crippen LogP contribution in [-0.4, -0.2) is 32.8 Å². The second-order valence-corrected chi connectivity index (χ2v) is 5.72. The van der Waals surface area contributed by atoms with E-state index in [0.717, 1.165) is 16.0 Å². The number of amides is 2. The number of hydrogen-bond donors (Lipinski definition) is 0. The molecule has 8 heteroatoms. The highest BCUT2D eigenvalue weighted by Crippen LogP contribution is 2.25. The number of hydrogen-bond acceptors (Lipinski definition) is 7. The molecule has 0 spiro atoms. The average Bonchev–Trinajstić information content (AvgIpc) is 3.11. The largest absolute Gasteiger partial charge is 0.392 e. The van der Waals surface area contributed by atoms with Gasteiger partial charge in [0.2, 0.25) is 5.01 Å². The number of thiazole rings is 1. The van der Waals surface area contributed by atoms with Gasteiger partial charge in [0.05, 0.1) is 22.0 Å². The average molecular weight is 325 g/mol. The van der Waals surface area contributed by atoms with Crippen LogP contribution in [0.25, 0.3) is 10.2 Å². The van der Waals surface area contributed by atoms with Crippen LogP contribution in [-0.2, 0) is 4.84 Å². The van der Waals surface area contributed by atoms with Gasteiger partial charge in [-0.1, -0.05) is 17.2 Å². The molecule has 4 rings (SSSR count). The molecule has 1 aliphatic heterocycles. The van der Waals surface area contributed by atoms with Crippen molar-refractivity contribution in [3.8, 4) is 0 Å². The Morgan fingerprint density at radius 2 is 1.78 bits per heavy atom. The monoisotopic (exact) mass is 325 g/mol. The van der Waals surface area contributed by atoms with Gasteiger partial charge in [0.1, 0.15) is 5.52 Å². The summed E-state index contributed by atoms with van der Waals surface area (Å²) in [5.41, 5.74) is 0.962. The Bertz CT molecular complexity index is 914. The number of benzene rings is 1. The van der Waals surface area contributed by atoms with E-state index in [4.69, 9.17) is 4.84 Å². The van der Waals surface area contributed by atoms with Crippen LogP contribution in [0.2, 0.25) is 0 Å². The number of imide groups is 1. The molecule has 112 valence electrons. The van der Waals surface area contributed by atoms with E-state index in [0.29, 0.717) is 10.6 Å². The maximum absolute atomic E-state index is 12.2. The van der Waals surface area contributed by atoms with E-state index in [9.17, 15) is 14.4 Å². The molecule has 0 fully saturated rings. The summed E-state index contributed by atoms with van der Waals surface area (Å²) in [6, 6.07) is 8.00. The van der Waals surface area contributed by atoms with E-state index < -0.39 is 17.8 Å². The van der Waals surface area contributed by atoms with Gasteiger partial charge in [-0.25, -0.2) is 9.78 Å². The minimum absolute atomic E-state index is 0.0459. The maximum atomic E-state index is 12.2. The Morgan fingerprint density at radius 1 is 1.09 bits per heavy atom. The number of carbonyl (C=O) groups is 3. The second kappa shape index (κ2) is 4.96. The zero-order valence-corrected chi connectivity index (χ0v) is 12.2. The normalized spacial score (nSPS) is 13.5. The Labute approximate surface area is 133 Å². The number of rotatable bonds is 2. The van der Waals surface area contributed by atoms with Gasteiger partial charge in [-0.15, -0.1) is 11.3 Å². The van der Waals surface area contributed by atoms with Crippen molar-refractivity contribution in [1.82, 2.24) is 15.0 Å². The molecule has 2 aromatic heterocycles. The lowest BCUT2D eigenvalue weighted by atomic mass is 10.1. The number of carbonyl (C=O) groups excluding carboxylic acids is 3. The lowest BCUT2D eigenvalue weighted by molar-refractivity contribution is -0.0584. The first-order valence-corrected chi connectivity index (χ1v) is 7.37. The third kappa shape index (κ3) is 2.08. The summed E-state index contributed by atoms with van der Waals surface area (Å²) in [5, 5.41) is 0.515. The third-order valence-electron chi connectivity index (χ3n) is 3.30. The quantitative estimate of drug-likeness (QED) is 0.670. The molecule has 0 atom stereocenters. The number of hydroxylamine groups is 2. The summed E-state index contributed by atoms with van der Waals surface area (Å²) in [4.78, 5) is 49.4. The highest BCUT2D eigenvalue weighted by Gasteiger charge is 2.39. The minimum Gasteiger partial charge on any atom is -0.322 e. The molecular formula is C15H7N3O4S. The zero-order valence-electron chi connectivity index (χ0n) is 11.4. The molecule has 0 N–H and O–H groups in total. The second-order valence-electron chi connectivity index (χ2n) is 4.69. The smallest absolute Gasteiger partial charge is 0.322 e. The van der Waals surface area contributed by atoms with Crippen LogP contribution in [0, 0.1) is 0 Å². The summed E-state index contributed by atoms with van der Waals surface area (Å²) in [6.07, 6.45) is 3.10. The van der Waals surface area contributed by atoms with Crippen LogP contribution in [0.4, 0.5) is 0 Å². The summed E-state index contributed by atoms with van der Waals surface area (Å²) in [6.45, 7) is 0. The van der Waals surface area contributed by atoms with Crippen LogP contribution in [0.15, 0.2) is 42.7 Å². The van der Waals surface area contributed by atoms with Crippen molar-refractivity contribution in [2.45, 2.75) is 0 Å². The molecule has 3 aromatic rings. The fourth-order valence-corrected chi connectivity index (χ4v) is 3.04. The van der Waals surface area contributed by atoms with E-state index in [2.05, 4.69) is 9.97 Å². The van der Waals surface area contributed by atoms with E-state index in [1.807, 2.05) is 0 Å². The van der Waals surface area contributed by atoms with Gasteiger partial charge in [0.15, 0.2) is 0 Å². The molecule has 1 aromatic carbocycles. The first-order valence-electron chi connectivity index (χ1n) is 6.56. The number of fused-ring (bicyclic) bond motifs is 2. The van der Waals surface area contributed by atoms with Crippen molar-refractivity contribution >= 4 is 39.3 Å². The summed E-state index contributed by atoms with van der Waals surface area (Å²) in [7, 11) is 0. The van der Waals surface area contributed by atoms with Crippen molar-refractivity contribution in [2.24, 2.45) is 0 Å². The Kier molecular flexibility index (Phi) is 2.91. The van der Waals surface area contributed by atoms with Crippen LogP contribution in [0.3, 0.4) is 0 Å². The fraction of sp³-hybridized carbons (Fsp3) is 0. The van der Waals surface area contributed by atoms with Gasteiger partial charge in [0, 0.05) is 6.20 Å². The lowest BCUT2D eigenvalue weighted by Gasteiger charge is -2.11. The van der Waals surface area contributed by atoms with Crippen LogP contribution >= 0.6 is 11.3 Å². The third-order valence-corrected chi connectivity index (χ3v) is 4.31. The minimum atomic E-state index is -0.860. The van der Waals surface area contributed by atoms with Crippen molar-refractivity contribution in [2.75, 3.05) is 0 Å². The highest BCUT2D eigenvalue weighted by molar-refractivity contribution is 7.20. The summed E-state index contributed by atoms with van der Waals surface area (Å²) < 4.78 is 0.759. The standard InChI is InChI=1S/C15H7N3O4S/c19-13-8-3-1-2-4-9(8)14(20)18(13)22-15(21)12-17-10-7-16-6-5-11(10)23-12/h1-7H. The Morgan fingerprint density at radius 3 is 2.43 bits per heavy atom. The van der Waals surface area contributed by atoms with Gasteiger partial charge in [-0.3, -0.25) is 14.6 Å². The SMILES string of the molecule is O=C(ON1C(=O)c2ccccc2C1=O)c1nc2cnccc2s1. The lowest BCUT2D eigenvalue weighted by Crippen LogP contribution is -2.32. The maximum Gasteiger partial charge on any atom is 0.392 e. The van der Waals surface area contributed by atoms with Crippen LogP contribution in [0.5, 0.6) is 0 Å². The molecule has 0 bridgehead atoms. The zero-order chi connectivity index (χ0) is 16.0. The first kappa shape index (κ1) is 13.5. The topological polar surface area (TPSA) is 89.5 Å². The molecule has 2 amide bonds. The fourth-order valence-electron chi connectivity index (χ4n) is 2.24. The van der Waals surface area contributed by atoms with Crippen molar-refractivity contribution in [3.05, 3.63) is 58.9 Å². The van der Waals surface area contributed by atoms with Crippen LogP contribution < -0.4 is 0 Å². The highest BCUT2D eigenvalue weighted by atomic mass is 32.1. The van der Waals surface area contributed by atoms with E-state index >= 15 is 0 Å². The molecule has 3 heterocycles. The Balaban J connectivity index is 1.62. The first-order chi connectivity index (χ1) is 11.1.